The Balaban J connectivity index is 2.31. The van der Waals surface area contributed by atoms with Gasteiger partial charge in [0.05, 0.1) is 10.0 Å². The predicted molar refractivity (Wildman–Crippen MR) is 70.3 cm³/mol. The molecule has 5 heteroatoms. The third-order valence-corrected chi connectivity index (χ3v) is 3.86. The van der Waals surface area contributed by atoms with Crippen LogP contribution in [0.5, 0.6) is 0 Å². The van der Waals surface area contributed by atoms with Crippen LogP contribution in [-0.2, 0) is 6.54 Å². The number of benzene rings is 1. The fourth-order valence-corrected chi connectivity index (χ4v) is 2.54. The van der Waals surface area contributed by atoms with E-state index in [-0.39, 0.29) is 0 Å². The molecule has 0 fully saturated rings. The van der Waals surface area contributed by atoms with Crippen molar-refractivity contribution in [2.75, 3.05) is 7.05 Å². The van der Waals surface area contributed by atoms with E-state index >= 15 is 0 Å². The molecule has 0 aliphatic heterocycles. The zero-order valence-corrected chi connectivity index (χ0v) is 11.0. The number of nitrogens with zero attached hydrogens (tertiary/aromatic N) is 1. The van der Waals surface area contributed by atoms with Gasteiger partial charge in [-0.05, 0) is 19.2 Å². The Kier molecular flexibility index (Phi) is 3.82. The zero-order chi connectivity index (χ0) is 11.5. The molecule has 16 heavy (non-hydrogen) atoms. The topological polar surface area (TPSA) is 24.9 Å². The lowest BCUT2D eigenvalue weighted by atomic mass is 10.2. The number of hydrogen-bond acceptors (Lipinski definition) is 3. The molecular formula is C11H10Cl2N2S. The highest BCUT2D eigenvalue weighted by atomic mass is 35.5. The minimum atomic E-state index is 0.560. The molecule has 0 aliphatic rings. The summed E-state index contributed by atoms with van der Waals surface area (Å²) < 4.78 is 0. The van der Waals surface area contributed by atoms with E-state index in [0.717, 1.165) is 17.1 Å². The van der Waals surface area contributed by atoms with Gasteiger partial charge in [-0.3, -0.25) is 0 Å². The highest BCUT2D eigenvalue weighted by Gasteiger charge is 2.06. The fraction of sp³-hybridized carbons (Fsp3) is 0.182. The Labute approximate surface area is 108 Å². The number of hydrogen-bond donors (Lipinski definition) is 1. The summed E-state index contributed by atoms with van der Waals surface area (Å²) in [6.07, 6.45) is 1.87. The maximum atomic E-state index is 5.96. The van der Waals surface area contributed by atoms with Crippen LogP contribution in [0.4, 0.5) is 0 Å². The van der Waals surface area contributed by atoms with Crippen molar-refractivity contribution >= 4 is 34.5 Å². The SMILES string of the molecule is CNCc1cnc(-c2ccc(Cl)c(Cl)c2)s1. The first-order chi connectivity index (χ1) is 7.70. The average Bonchev–Trinajstić information content (AvgIpc) is 2.71. The first-order valence-corrected chi connectivity index (χ1v) is 6.32. The van der Waals surface area contributed by atoms with Crippen LogP contribution in [0.1, 0.15) is 4.88 Å². The summed E-state index contributed by atoms with van der Waals surface area (Å²) in [5.74, 6) is 0. The lowest BCUT2D eigenvalue weighted by Crippen LogP contribution is -2.02. The van der Waals surface area contributed by atoms with Crippen LogP contribution in [0.3, 0.4) is 0 Å². The van der Waals surface area contributed by atoms with Crippen LogP contribution in [0.2, 0.25) is 10.0 Å². The van der Waals surface area contributed by atoms with Crippen molar-refractivity contribution in [2.45, 2.75) is 6.54 Å². The van der Waals surface area contributed by atoms with E-state index in [9.17, 15) is 0 Å². The molecule has 1 heterocycles. The van der Waals surface area contributed by atoms with E-state index in [0.29, 0.717) is 10.0 Å². The number of thiazole rings is 1. The maximum Gasteiger partial charge on any atom is 0.123 e. The molecule has 0 radical (unpaired) electrons. The largest absolute Gasteiger partial charge is 0.315 e. The molecule has 2 rings (SSSR count). The second-order valence-corrected chi connectivity index (χ2v) is 5.22. The normalized spacial score (nSPS) is 10.7. The Morgan fingerprint density at radius 3 is 2.81 bits per heavy atom. The van der Waals surface area contributed by atoms with E-state index in [1.165, 1.54) is 4.88 Å². The summed E-state index contributed by atoms with van der Waals surface area (Å²) in [5.41, 5.74) is 1.00. The summed E-state index contributed by atoms with van der Waals surface area (Å²) in [5, 5.41) is 5.18. The zero-order valence-electron chi connectivity index (χ0n) is 8.63. The number of aromatic nitrogens is 1. The van der Waals surface area contributed by atoms with Crippen molar-refractivity contribution < 1.29 is 0 Å². The Hall–Kier alpha value is -0.610. The summed E-state index contributed by atoms with van der Waals surface area (Å²) in [6, 6.07) is 5.56. The standard InChI is InChI=1S/C11H10Cl2N2S/c1-14-5-8-6-15-11(16-8)7-2-3-9(12)10(13)4-7/h2-4,6,14H,5H2,1H3. The summed E-state index contributed by atoms with van der Waals surface area (Å²) in [7, 11) is 1.92. The Morgan fingerprint density at radius 1 is 1.31 bits per heavy atom. The van der Waals surface area contributed by atoms with E-state index in [1.807, 2.05) is 25.4 Å². The summed E-state index contributed by atoms with van der Waals surface area (Å²) >= 11 is 13.5. The van der Waals surface area contributed by atoms with E-state index < -0.39 is 0 Å². The minimum Gasteiger partial charge on any atom is -0.315 e. The van der Waals surface area contributed by atoms with Crippen LogP contribution in [0.15, 0.2) is 24.4 Å². The Morgan fingerprint density at radius 2 is 2.12 bits per heavy atom. The molecule has 0 amide bonds. The first-order valence-electron chi connectivity index (χ1n) is 4.75. The number of rotatable bonds is 3. The molecule has 1 aromatic heterocycles. The summed E-state index contributed by atoms with van der Waals surface area (Å²) in [4.78, 5) is 5.55. The average molecular weight is 273 g/mol. The van der Waals surface area contributed by atoms with Crippen molar-refractivity contribution in [3.05, 3.63) is 39.3 Å². The van der Waals surface area contributed by atoms with E-state index in [4.69, 9.17) is 23.2 Å². The molecular weight excluding hydrogens is 263 g/mol. The molecule has 1 N–H and O–H groups in total. The molecule has 0 atom stereocenters. The third-order valence-electron chi connectivity index (χ3n) is 2.07. The van der Waals surface area contributed by atoms with E-state index in [2.05, 4.69) is 10.3 Å². The van der Waals surface area contributed by atoms with Gasteiger partial charge in [-0.15, -0.1) is 11.3 Å². The molecule has 2 nitrogen and oxygen atoms in total. The molecule has 2 aromatic rings. The predicted octanol–water partition coefficient (Wildman–Crippen LogP) is 3.84. The molecule has 0 unspecified atom stereocenters. The lowest BCUT2D eigenvalue weighted by molar-refractivity contribution is 0.829. The fourth-order valence-electron chi connectivity index (χ4n) is 1.33. The molecule has 1 aromatic carbocycles. The van der Waals surface area contributed by atoms with Crippen LogP contribution >= 0.6 is 34.5 Å². The second-order valence-electron chi connectivity index (χ2n) is 3.29. The number of halogens is 2. The van der Waals surface area contributed by atoms with Gasteiger partial charge in [0.2, 0.25) is 0 Å². The minimum absolute atomic E-state index is 0.560. The number of nitrogens with one attached hydrogen (secondary N) is 1. The second kappa shape index (κ2) is 5.15. The molecule has 0 bridgehead atoms. The van der Waals surface area contributed by atoms with Gasteiger partial charge >= 0.3 is 0 Å². The van der Waals surface area contributed by atoms with Crippen molar-refractivity contribution in [1.29, 1.82) is 0 Å². The molecule has 0 saturated carbocycles. The van der Waals surface area contributed by atoms with Gasteiger partial charge in [0.25, 0.3) is 0 Å². The van der Waals surface area contributed by atoms with Gasteiger partial charge in [0.15, 0.2) is 0 Å². The highest BCUT2D eigenvalue weighted by molar-refractivity contribution is 7.15. The molecule has 0 aliphatic carbocycles. The van der Waals surface area contributed by atoms with Crippen LogP contribution in [-0.4, -0.2) is 12.0 Å². The van der Waals surface area contributed by atoms with Gasteiger partial charge in [-0.25, -0.2) is 4.98 Å². The maximum absolute atomic E-state index is 5.96. The lowest BCUT2D eigenvalue weighted by Gasteiger charge is -1.99. The monoisotopic (exact) mass is 272 g/mol. The quantitative estimate of drug-likeness (QED) is 0.919. The van der Waals surface area contributed by atoms with Gasteiger partial charge in [0.1, 0.15) is 5.01 Å². The van der Waals surface area contributed by atoms with Crippen LogP contribution in [0.25, 0.3) is 10.6 Å². The highest BCUT2D eigenvalue weighted by Crippen LogP contribution is 2.30. The Bertz CT molecular complexity index is 496. The van der Waals surface area contributed by atoms with Crippen molar-refractivity contribution in [3.63, 3.8) is 0 Å². The first kappa shape index (κ1) is 11.9. The van der Waals surface area contributed by atoms with Crippen LogP contribution in [0, 0.1) is 0 Å². The van der Waals surface area contributed by atoms with Crippen molar-refractivity contribution in [1.82, 2.24) is 10.3 Å². The summed E-state index contributed by atoms with van der Waals surface area (Å²) in [6.45, 7) is 0.832. The van der Waals surface area contributed by atoms with Crippen molar-refractivity contribution in [2.24, 2.45) is 0 Å². The molecule has 0 spiro atoms. The smallest absolute Gasteiger partial charge is 0.123 e. The van der Waals surface area contributed by atoms with Crippen molar-refractivity contribution in [3.8, 4) is 10.6 Å². The van der Waals surface area contributed by atoms with E-state index in [1.54, 1.807) is 17.4 Å². The third kappa shape index (κ3) is 2.55. The van der Waals surface area contributed by atoms with Gasteiger partial charge in [0, 0.05) is 23.2 Å². The van der Waals surface area contributed by atoms with Gasteiger partial charge in [-0.2, -0.15) is 0 Å². The van der Waals surface area contributed by atoms with Crippen LogP contribution < -0.4 is 5.32 Å². The van der Waals surface area contributed by atoms with Gasteiger partial charge < -0.3 is 5.32 Å². The molecule has 0 saturated heterocycles. The van der Waals surface area contributed by atoms with Gasteiger partial charge in [-0.1, -0.05) is 29.3 Å². The molecule has 84 valence electrons.